The number of nitrogens with zero attached hydrogens (tertiary/aromatic N) is 3. The van der Waals surface area contributed by atoms with Crippen molar-refractivity contribution in [1.29, 1.82) is 0 Å². The van der Waals surface area contributed by atoms with Crippen LogP contribution in [0.25, 0.3) is 5.13 Å². The molecule has 0 bridgehead atoms. The second kappa shape index (κ2) is 6.16. The number of carbonyl (C=O) groups is 1. The summed E-state index contributed by atoms with van der Waals surface area (Å²) in [5.74, 6) is -0.163. The summed E-state index contributed by atoms with van der Waals surface area (Å²) in [5, 5.41) is 9.95. The average molecular weight is 299 g/mol. The predicted octanol–water partition coefficient (Wildman–Crippen LogP) is 1.84. The third-order valence-corrected chi connectivity index (χ3v) is 3.66. The highest BCUT2D eigenvalue weighted by atomic mass is 35.5. The van der Waals surface area contributed by atoms with Gasteiger partial charge in [-0.1, -0.05) is 0 Å². The summed E-state index contributed by atoms with van der Waals surface area (Å²) in [6, 6.07) is 2.02. The number of hydrogen-bond donors (Lipinski definition) is 1. The van der Waals surface area contributed by atoms with Crippen LogP contribution >= 0.6 is 22.9 Å². The molecule has 0 aliphatic rings. The number of halogens is 1. The van der Waals surface area contributed by atoms with Crippen LogP contribution in [0.5, 0.6) is 0 Å². The summed E-state index contributed by atoms with van der Waals surface area (Å²) in [7, 11) is 0. The van der Waals surface area contributed by atoms with Gasteiger partial charge >= 0.3 is 0 Å². The highest BCUT2D eigenvalue weighted by Crippen LogP contribution is 2.17. The maximum Gasteiger partial charge on any atom is 0.234 e. The number of nitrogens with one attached hydrogen (secondary N) is 1. The van der Waals surface area contributed by atoms with Gasteiger partial charge in [0.25, 0.3) is 0 Å². The molecule has 0 aromatic carbocycles. The Balaban J connectivity index is 1.99. The summed E-state index contributed by atoms with van der Waals surface area (Å²) in [4.78, 5) is 15.5. The molecular formula is C12H15ClN4OS. The molecule has 7 heteroatoms. The minimum Gasteiger partial charge on any atom is -0.355 e. The second-order valence-corrected chi connectivity index (χ2v) is 5.30. The van der Waals surface area contributed by atoms with Crippen LogP contribution in [0.4, 0.5) is 0 Å². The fraction of sp³-hybridized carbons (Fsp3) is 0.417. The Morgan fingerprint density at radius 1 is 1.53 bits per heavy atom. The molecule has 1 N–H and O–H groups in total. The molecule has 2 rings (SSSR count). The lowest BCUT2D eigenvalue weighted by molar-refractivity contribution is -0.118. The van der Waals surface area contributed by atoms with Gasteiger partial charge in [-0.2, -0.15) is 5.10 Å². The molecule has 0 radical (unpaired) electrons. The molecule has 0 aliphatic heterocycles. The van der Waals surface area contributed by atoms with Crippen molar-refractivity contribution in [3.63, 3.8) is 0 Å². The molecule has 2 aromatic rings. The monoisotopic (exact) mass is 298 g/mol. The van der Waals surface area contributed by atoms with E-state index in [1.165, 1.54) is 0 Å². The Kier molecular flexibility index (Phi) is 4.55. The average Bonchev–Trinajstić information content (AvgIpc) is 2.95. The molecule has 102 valence electrons. The largest absolute Gasteiger partial charge is 0.355 e. The van der Waals surface area contributed by atoms with Crippen LogP contribution in [-0.4, -0.2) is 33.1 Å². The van der Waals surface area contributed by atoms with Gasteiger partial charge in [0.1, 0.15) is 5.88 Å². The zero-order valence-electron chi connectivity index (χ0n) is 10.8. The van der Waals surface area contributed by atoms with Crippen LogP contribution in [0.2, 0.25) is 0 Å². The number of alkyl halides is 1. The van der Waals surface area contributed by atoms with Gasteiger partial charge in [-0.25, -0.2) is 9.67 Å². The zero-order valence-corrected chi connectivity index (χ0v) is 12.4. The van der Waals surface area contributed by atoms with Crippen molar-refractivity contribution in [3.8, 4) is 5.13 Å². The minimum atomic E-state index is -0.157. The van der Waals surface area contributed by atoms with Crippen LogP contribution < -0.4 is 5.32 Å². The SMILES string of the molecule is Cc1cc(C)n(-c2nc(CCNC(=O)CCl)cs2)n1. The normalized spacial score (nSPS) is 10.7. The number of aromatic nitrogens is 3. The Labute approximate surface area is 120 Å². The van der Waals surface area contributed by atoms with E-state index in [9.17, 15) is 4.79 Å². The van der Waals surface area contributed by atoms with E-state index in [1.807, 2.05) is 30.0 Å². The first-order valence-corrected chi connectivity index (χ1v) is 7.32. The molecule has 0 saturated heterocycles. The fourth-order valence-electron chi connectivity index (χ4n) is 1.71. The molecule has 0 spiro atoms. The van der Waals surface area contributed by atoms with Gasteiger partial charge < -0.3 is 5.32 Å². The first kappa shape index (κ1) is 14.0. The fourth-order valence-corrected chi connectivity index (χ4v) is 2.67. The number of aryl methyl sites for hydroxylation is 2. The van der Waals surface area contributed by atoms with E-state index in [-0.39, 0.29) is 11.8 Å². The molecule has 0 unspecified atom stereocenters. The van der Waals surface area contributed by atoms with Gasteiger partial charge in [0.05, 0.1) is 11.4 Å². The smallest absolute Gasteiger partial charge is 0.234 e. The Hall–Kier alpha value is -1.40. The quantitative estimate of drug-likeness (QED) is 0.857. The van der Waals surface area contributed by atoms with Gasteiger partial charge in [0, 0.05) is 24.0 Å². The summed E-state index contributed by atoms with van der Waals surface area (Å²) in [6.07, 6.45) is 0.693. The number of rotatable bonds is 5. The van der Waals surface area contributed by atoms with Crippen molar-refractivity contribution in [1.82, 2.24) is 20.1 Å². The summed E-state index contributed by atoms with van der Waals surface area (Å²) in [6.45, 7) is 4.51. The number of amides is 1. The molecule has 0 atom stereocenters. The van der Waals surface area contributed by atoms with Crippen molar-refractivity contribution < 1.29 is 4.79 Å². The number of thiazole rings is 1. The van der Waals surface area contributed by atoms with E-state index in [0.717, 1.165) is 22.2 Å². The van der Waals surface area contributed by atoms with Crippen molar-refractivity contribution in [3.05, 3.63) is 28.5 Å². The van der Waals surface area contributed by atoms with Crippen LogP contribution in [-0.2, 0) is 11.2 Å². The van der Waals surface area contributed by atoms with Crippen molar-refractivity contribution >= 4 is 28.8 Å². The Morgan fingerprint density at radius 2 is 2.32 bits per heavy atom. The summed E-state index contributed by atoms with van der Waals surface area (Å²) < 4.78 is 1.83. The van der Waals surface area contributed by atoms with E-state index in [4.69, 9.17) is 11.6 Å². The highest BCUT2D eigenvalue weighted by Gasteiger charge is 2.08. The van der Waals surface area contributed by atoms with Crippen LogP contribution in [0.1, 0.15) is 17.1 Å². The van der Waals surface area contributed by atoms with Gasteiger partial charge in [-0.3, -0.25) is 4.79 Å². The molecule has 5 nitrogen and oxygen atoms in total. The van der Waals surface area contributed by atoms with Crippen molar-refractivity contribution in [2.75, 3.05) is 12.4 Å². The maximum absolute atomic E-state index is 11.0. The predicted molar refractivity (Wildman–Crippen MR) is 76.1 cm³/mol. The summed E-state index contributed by atoms with van der Waals surface area (Å²) >= 11 is 6.95. The van der Waals surface area contributed by atoms with E-state index in [1.54, 1.807) is 11.3 Å². The lowest BCUT2D eigenvalue weighted by Crippen LogP contribution is -2.26. The molecule has 2 aromatic heterocycles. The van der Waals surface area contributed by atoms with E-state index in [0.29, 0.717) is 13.0 Å². The summed E-state index contributed by atoms with van der Waals surface area (Å²) in [5.41, 5.74) is 2.99. The van der Waals surface area contributed by atoms with Crippen LogP contribution in [0.15, 0.2) is 11.4 Å². The second-order valence-electron chi connectivity index (χ2n) is 4.19. The highest BCUT2D eigenvalue weighted by molar-refractivity contribution is 7.12. The molecular weight excluding hydrogens is 284 g/mol. The Bertz CT molecular complexity index is 578. The van der Waals surface area contributed by atoms with Gasteiger partial charge in [0.2, 0.25) is 11.0 Å². The van der Waals surface area contributed by atoms with Gasteiger partial charge in [-0.15, -0.1) is 22.9 Å². The standard InChI is InChI=1S/C12H15ClN4OS/c1-8-5-9(2)17(16-8)12-15-10(7-19-12)3-4-14-11(18)6-13/h5,7H,3-4,6H2,1-2H3,(H,14,18). The zero-order chi connectivity index (χ0) is 13.8. The van der Waals surface area contributed by atoms with E-state index < -0.39 is 0 Å². The topological polar surface area (TPSA) is 59.8 Å². The molecule has 0 saturated carbocycles. The molecule has 0 aliphatic carbocycles. The van der Waals surface area contributed by atoms with E-state index in [2.05, 4.69) is 15.4 Å². The molecule has 2 heterocycles. The van der Waals surface area contributed by atoms with Gasteiger partial charge in [0.15, 0.2) is 0 Å². The lowest BCUT2D eigenvalue weighted by Gasteiger charge is -2.00. The first-order chi connectivity index (χ1) is 9.10. The molecule has 0 fully saturated rings. The first-order valence-electron chi connectivity index (χ1n) is 5.91. The molecule has 19 heavy (non-hydrogen) atoms. The van der Waals surface area contributed by atoms with Gasteiger partial charge in [-0.05, 0) is 19.9 Å². The number of hydrogen-bond acceptors (Lipinski definition) is 4. The lowest BCUT2D eigenvalue weighted by atomic mass is 10.3. The van der Waals surface area contributed by atoms with Crippen LogP contribution in [0.3, 0.4) is 0 Å². The Morgan fingerprint density at radius 3 is 2.95 bits per heavy atom. The number of carbonyl (C=O) groups excluding carboxylic acids is 1. The maximum atomic E-state index is 11.0. The minimum absolute atomic E-state index is 0.00588. The van der Waals surface area contributed by atoms with Crippen molar-refractivity contribution in [2.45, 2.75) is 20.3 Å². The third-order valence-electron chi connectivity index (χ3n) is 2.56. The van der Waals surface area contributed by atoms with E-state index >= 15 is 0 Å². The van der Waals surface area contributed by atoms with Crippen LogP contribution in [0, 0.1) is 13.8 Å². The third kappa shape index (κ3) is 3.54. The molecule has 1 amide bonds. The van der Waals surface area contributed by atoms with Crippen molar-refractivity contribution in [2.24, 2.45) is 0 Å².